The van der Waals surface area contributed by atoms with Crippen molar-refractivity contribution in [3.05, 3.63) is 69.1 Å². The van der Waals surface area contributed by atoms with Crippen molar-refractivity contribution in [1.82, 2.24) is 9.88 Å². The number of nitrogens with one attached hydrogen (secondary N) is 1. The molecule has 0 saturated carbocycles. The van der Waals surface area contributed by atoms with Gasteiger partial charge in [-0.2, -0.15) is 0 Å². The first-order valence-corrected chi connectivity index (χ1v) is 9.89. The van der Waals surface area contributed by atoms with E-state index in [1.807, 2.05) is 30.3 Å². The molecule has 1 aromatic carbocycles. The lowest BCUT2D eigenvalue weighted by Crippen LogP contribution is -2.35. The highest BCUT2D eigenvalue weighted by Gasteiger charge is 2.19. The molecule has 2 N–H and O–H groups in total. The maximum atomic E-state index is 13.0. The summed E-state index contributed by atoms with van der Waals surface area (Å²) in [5.74, 6) is -0.327. The monoisotopic (exact) mass is 368 g/mol. The van der Waals surface area contributed by atoms with Crippen molar-refractivity contribution in [2.75, 3.05) is 6.61 Å². The fourth-order valence-electron chi connectivity index (χ4n) is 3.74. The highest BCUT2D eigenvalue weighted by molar-refractivity contribution is 5.94. The maximum Gasteiger partial charge on any atom is 0.263 e. The van der Waals surface area contributed by atoms with Crippen molar-refractivity contribution < 1.29 is 9.90 Å². The van der Waals surface area contributed by atoms with Crippen LogP contribution in [-0.4, -0.2) is 22.2 Å². The van der Waals surface area contributed by atoms with Crippen LogP contribution in [0, 0.1) is 0 Å². The molecule has 1 aromatic heterocycles. The standard InChI is InChI=1S/C22H28N2O3/c25-14-8-13-24-20-12-7-2-1-6-11-18(20)15-19(22(24)27)21(26)23-16-17-9-4-3-5-10-17/h3-5,9-10,15,25H,1-2,6-8,11-14,16H2,(H,23,26). The van der Waals surface area contributed by atoms with Gasteiger partial charge in [-0.05, 0) is 49.3 Å². The molecule has 2 aromatic rings. The first kappa shape index (κ1) is 19.4. The van der Waals surface area contributed by atoms with Gasteiger partial charge < -0.3 is 15.0 Å². The van der Waals surface area contributed by atoms with Gasteiger partial charge in [0.25, 0.3) is 11.5 Å². The molecule has 5 heteroatoms. The summed E-state index contributed by atoms with van der Waals surface area (Å²) in [7, 11) is 0. The summed E-state index contributed by atoms with van der Waals surface area (Å²) in [6.07, 6.45) is 6.77. The van der Waals surface area contributed by atoms with Gasteiger partial charge in [0.2, 0.25) is 0 Å². The summed E-state index contributed by atoms with van der Waals surface area (Å²) in [5, 5.41) is 12.1. The van der Waals surface area contributed by atoms with Crippen LogP contribution in [0.2, 0.25) is 0 Å². The Bertz CT molecular complexity index is 827. The number of hydrogen-bond acceptors (Lipinski definition) is 3. The second kappa shape index (κ2) is 9.51. The lowest BCUT2D eigenvalue weighted by Gasteiger charge is -2.21. The molecule has 1 aliphatic rings. The third-order valence-corrected chi connectivity index (χ3v) is 5.18. The molecule has 0 spiro atoms. The summed E-state index contributed by atoms with van der Waals surface area (Å²) >= 11 is 0. The number of aliphatic hydroxyl groups excluding tert-OH is 1. The van der Waals surface area contributed by atoms with Crippen molar-refractivity contribution in [3.63, 3.8) is 0 Å². The number of aliphatic hydroxyl groups is 1. The Labute approximate surface area is 160 Å². The predicted molar refractivity (Wildman–Crippen MR) is 106 cm³/mol. The van der Waals surface area contributed by atoms with Gasteiger partial charge in [0.05, 0.1) is 0 Å². The predicted octanol–water partition coefficient (Wildman–Crippen LogP) is 2.82. The van der Waals surface area contributed by atoms with Crippen LogP contribution >= 0.6 is 0 Å². The number of carbonyl (C=O) groups excluding carboxylic acids is 1. The smallest absolute Gasteiger partial charge is 0.263 e. The second-order valence-electron chi connectivity index (χ2n) is 7.15. The molecule has 0 saturated heterocycles. The van der Waals surface area contributed by atoms with E-state index in [9.17, 15) is 14.7 Å². The molecule has 0 unspecified atom stereocenters. The zero-order chi connectivity index (χ0) is 19.1. The van der Waals surface area contributed by atoms with Gasteiger partial charge in [-0.3, -0.25) is 9.59 Å². The molecular weight excluding hydrogens is 340 g/mol. The molecular formula is C22H28N2O3. The van der Waals surface area contributed by atoms with E-state index < -0.39 is 0 Å². The number of nitrogens with zero attached hydrogens (tertiary/aromatic N) is 1. The van der Waals surface area contributed by atoms with E-state index in [1.165, 1.54) is 12.8 Å². The zero-order valence-electron chi connectivity index (χ0n) is 15.7. The van der Waals surface area contributed by atoms with Crippen molar-refractivity contribution >= 4 is 5.91 Å². The van der Waals surface area contributed by atoms with Crippen LogP contribution in [0.1, 0.15) is 59.3 Å². The van der Waals surface area contributed by atoms with Crippen LogP contribution in [0.5, 0.6) is 0 Å². The zero-order valence-corrected chi connectivity index (χ0v) is 15.7. The Kier molecular flexibility index (Phi) is 6.82. The molecule has 0 bridgehead atoms. The maximum absolute atomic E-state index is 13.0. The van der Waals surface area contributed by atoms with Crippen LogP contribution in [0.15, 0.2) is 41.2 Å². The SMILES string of the molecule is O=C(NCc1ccccc1)c1cc2c(n(CCCO)c1=O)CCCCCC2. The Hall–Kier alpha value is -2.40. The van der Waals surface area contributed by atoms with E-state index in [1.54, 1.807) is 10.6 Å². The van der Waals surface area contributed by atoms with Crippen LogP contribution in [-0.2, 0) is 25.9 Å². The number of fused-ring (bicyclic) bond motifs is 1. The van der Waals surface area contributed by atoms with Crippen molar-refractivity contribution in [3.8, 4) is 0 Å². The Morgan fingerprint density at radius 1 is 1.07 bits per heavy atom. The molecule has 144 valence electrons. The summed E-state index contributed by atoms with van der Waals surface area (Å²) in [6.45, 7) is 0.885. The van der Waals surface area contributed by atoms with Crippen molar-refractivity contribution in [2.45, 2.75) is 58.0 Å². The number of benzene rings is 1. The highest BCUT2D eigenvalue weighted by Crippen LogP contribution is 2.20. The summed E-state index contributed by atoms with van der Waals surface area (Å²) < 4.78 is 1.73. The Morgan fingerprint density at radius 3 is 2.56 bits per heavy atom. The first-order chi connectivity index (χ1) is 13.2. The van der Waals surface area contributed by atoms with Crippen molar-refractivity contribution in [2.24, 2.45) is 0 Å². The van der Waals surface area contributed by atoms with Crippen LogP contribution in [0.3, 0.4) is 0 Å². The molecule has 0 radical (unpaired) electrons. The van der Waals surface area contributed by atoms with Gasteiger partial charge in [0.1, 0.15) is 5.56 Å². The van der Waals surface area contributed by atoms with Crippen LogP contribution in [0.25, 0.3) is 0 Å². The Morgan fingerprint density at radius 2 is 1.81 bits per heavy atom. The molecule has 1 amide bonds. The van der Waals surface area contributed by atoms with Gasteiger partial charge >= 0.3 is 0 Å². The number of hydrogen-bond donors (Lipinski definition) is 2. The van der Waals surface area contributed by atoms with Gasteiger partial charge in [-0.15, -0.1) is 0 Å². The molecule has 3 rings (SSSR count). The van der Waals surface area contributed by atoms with Crippen LogP contribution < -0.4 is 10.9 Å². The van der Waals surface area contributed by atoms with E-state index >= 15 is 0 Å². The van der Waals surface area contributed by atoms with Gasteiger partial charge in [0.15, 0.2) is 0 Å². The minimum atomic E-state index is -0.327. The van der Waals surface area contributed by atoms with E-state index in [2.05, 4.69) is 5.32 Å². The summed E-state index contributed by atoms with van der Waals surface area (Å²) in [4.78, 5) is 25.7. The largest absolute Gasteiger partial charge is 0.396 e. The molecule has 1 heterocycles. The van der Waals surface area contributed by atoms with Gasteiger partial charge in [0, 0.05) is 25.4 Å². The van der Waals surface area contributed by atoms with E-state index in [0.717, 1.165) is 42.5 Å². The van der Waals surface area contributed by atoms with Crippen LogP contribution in [0.4, 0.5) is 0 Å². The second-order valence-corrected chi connectivity index (χ2v) is 7.15. The molecule has 5 nitrogen and oxygen atoms in total. The average Bonchev–Trinajstić information content (AvgIpc) is 2.67. The third-order valence-electron chi connectivity index (χ3n) is 5.18. The van der Waals surface area contributed by atoms with E-state index in [0.29, 0.717) is 19.5 Å². The lowest BCUT2D eigenvalue weighted by molar-refractivity contribution is 0.0948. The molecule has 0 fully saturated rings. The number of carbonyl (C=O) groups is 1. The molecule has 1 aliphatic carbocycles. The lowest BCUT2D eigenvalue weighted by atomic mass is 9.95. The van der Waals surface area contributed by atoms with E-state index in [-0.39, 0.29) is 23.6 Å². The quantitative estimate of drug-likeness (QED) is 0.824. The molecule has 0 aliphatic heterocycles. The minimum Gasteiger partial charge on any atom is -0.396 e. The molecule has 27 heavy (non-hydrogen) atoms. The fourth-order valence-corrected chi connectivity index (χ4v) is 3.74. The Balaban J connectivity index is 1.90. The average molecular weight is 368 g/mol. The number of pyridine rings is 1. The summed E-state index contributed by atoms with van der Waals surface area (Å²) in [6, 6.07) is 11.5. The van der Waals surface area contributed by atoms with Gasteiger partial charge in [-0.1, -0.05) is 43.2 Å². The number of amides is 1. The highest BCUT2D eigenvalue weighted by atomic mass is 16.3. The summed E-state index contributed by atoms with van der Waals surface area (Å²) in [5.41, 5.74) is 3.12. The topological polar surface area (TPSA) is 71.3 Å². The number of rotatable bonds is 6. The fraction of sp³-hybridized carbons (Fsp3) is 0.455. The molecule has 0 atom stereocenters. The number of aryl methyl sites for hydroxylation is 1. The third kappa shape index (κ3) is 4.86. The minimum absolute atomic E-state index is 0.0334. The van der Waals surface area contributed by atoms with Gasteiger partial charge in [-0.25, -0.2) is 0 Å². The number of aromatic nitrogens is 1. The van der Waals surface area contributed by atoms with Crippen molar-refractivity contribution in [1.29, 1.82) is 0 Å². The van der Waals surface area contributed by atoms with E-state index in [4.69, 9.17) is 0 Å². The normalized spacial score (nSPS) is 14.1. The first-order valence-electron chi connectivity index (χ1n) is 9.89.